The van der Waals surface area contributed by atoms with E-state index in [1.54, 1.807) is 0 Å². The lowest BCUT2D eigenvalue weighted by Gasteiger charge is -2.38. The summed E-state index contributed by atoms with van der Waals surface area (Å²) in [7, 11) is 0. The lowest BCUT2D eigenvalue weighted by atomic mass is 9.64. The molecule has 1 aliphatic rings. The second-order valence-electron chi connectivity index (χ2n) is 3.99. The monoisotopic (exact) mass is 262 g/mol. The molecule has 16 heavy (non-hydrogen) atoms. The molecule has 1 aliphatic carbocycles. The Morgan fingerprint density at radius 1 is 1.31 bits per heavy atom. The number of carboxylic acids is 1. The van der Waals surface area contributed by atoms with E-state index >= 15 is 0 Å². The molecule has 1 aromatic rings. The van der Waals surface area contributed by atoms with Crippen LogP contribution in [-0.2, 0) is 10.2 Å². The largest absolute Gasteiger partial charge is 0.481 e. The Kier molecular flexibility index (Phi) is 2.84. The van der Waals surface area contributed by atoms with Gasteiger partial charge in [0.05, 0.1) is 10.4 Å². The van der Waals surface area contributed by atoms with Crippen molar-refractivity contribution < 1.29 is 14.3 Å². The number of carboxylic acid groups (broad SMARTS) is 1. The van der Waals surface area contributed by atoms with Gasteiger partial charge < -0.3 is 5.11 Å². The predicted octanol–water partition coefficient (Wildman–Crippen LogP) is 3.64. The van der Waals surface area contributed by atoms with Crippen molar-refractivity contribution in [3.8, 4) is 0 Å². The van der Waals surface area contributed by atoms with Crippen LogP contribution in [0.5, 0.6) is 0 Å². The number of hydrogen-bond donors (Lipinski definition) is 1. The number of aliphatic carboxylic acids is 1. The molecule has 1 N–H and O–H groups in total. The van der Waals surface area contributed by atoms with Gasteiger partial charge >= 0.3 is 5.97 Å². The van der Waals surface area contributed by atoms with Crippen molar-refractivity contribution in [3.05, 3.63) is 33.6 Å². The Labute approximate surface area is 102 Å². The van der Waals surface area contributed by atoms with Crippen LogP contribution in [-0.4, -0.2) is 11.1 Å². The summed E-state index contributed by atoms with van der Waals surface area (Å²) >= 11 is 11.5. The standard InChI is InChI=1S/C11H9Cl2FO2/c12-7-5-9(14)8(13)4-6(7)11(10(15)16)2-1-3-11/h4-5H,1-3H2,(H,15,16). The van der Waals surface area contributed by atoms with Crippen molar-refractivity contribution in [3.63, 3.8) is 0 Å². The van der Waals surface area contributed by atoms with Crippen LogP contribution < -0.4 is 0 Å². The zero-order valence-corrected chi connectivity index (χ0v) is 9.78. The van der Waals surface area contributed by atoms with Crippen LogP contribution in [0.4, 0.5) is 4.39 Å². The predicted molar refractivity (Wildman–Crippen MR) is 59.6 cm³/mol. The fraction of sp³-hybridized carbons (Fsp3) is 0.364. The molecule has 0 saturated heterocycles. The van der Waals surface area contributed by atoms with E-state index in [9.17, 15) is 14.3 Å². The van der Waals surface area contributed by atoms with Gasteiger partial charge in [0, 0.05) is 5.02 Å². The molecule has 0 radical (unpaired) electrons. The van der Waals surface area contributed by atoms with Crippen LogP contribution >= 0.6 is 23.2 Å². The minimum Gasteiger partial charge on any atom is -0.481 e. The van der Waals surface area contributed by atoms with E-state index in [0.717, 1.165) is 12.5 Å². The van der Waals surface area contributed by atoms with Crippen LogP contribution in [0.25, 0.3) is 0 Å². The number of halogens is 3. The zero-order chi connectivity index (χ0) is 11.9. The van der Waals surface area contributed by atoms with Crippen LogP contribution in [0.3, 0.4) is 0 Å². The molecule has 1 aromatic carbocycles. The number of carbonyl (C=O) groups is 1. The first-order chi connectivity index (χ1) is 7.47. The van der Waals surface area contributed by atoms with E-state index in [-0.39, 0.29) is 10.0 Å². The van der Waals surface area contributed by atoms with Crippen LogP contribution in [0.15, 0.2) is 12.1 Å². The Hall–Kier alpha value is -0.800. The van der Waals surface area contributed by atoms with Gasteiger partial charge in [-0.1, -0.05) is 29.6 Å². The molecule has 2 nitrogen and oxygen atoms in total. The molecule has 0 unspecified atom stereocenters. The van der Waals surface area contributed by atoms with Gasteiger partial charge in [-0.25, -0.2) is 4.39 Å². The van der Waals surface area contributed by atoms with Gasteiger partial charge in [0.25, 0.3) is 0 Å². The summed E-state index contributed by atoms with van der Waals surface area (Å²) in [4.78, 5) is 11.3. The van der Waals surface area contributed by atoms with Gasteiger partial charge in [-0.15, -0.1) is 0 Å². The average Bonchev–Trinajstić information content (AvgIpc) is 2.11. The maximum Gasteiger partial charge on any atom is 0.314 e. The summed E-state index contributed by atoms with van der Waals surface area (Å²) < 4.78 is 13.1. The van der Waals surface area contributed by atoms with E-state index in [4.69, 9.17) is 23.2 Å². The number of rotatable bonds is 2. The quantitative estimate of drug-likeness (QED) is 0.827. The van der Waals surface area contributed by atoms with E-state index < -0.39 is 17.2 Å². The Balaban J connectivity index is 2.55. The molecule has 0 bridgehead atoms. The van der Waals surface area contributed by atoms with Crippen LogP contribution in [0.2, 0.25) is 10.0 Å². The van der Waals surface area contributed by atoms with E-state index in [2.05, 4.69) is 0 Å². The number of benzene rings is 1. The van der Waals surface area contributed by atoms with Crippen molar-refractivity contribution >= 4 is 29.2 Å². The van der Waals surface area contributed by atoms with Crippen LogP contribution in [0.1, 0.15) is 24.8 Å². The highest BCUT2D eigenvalue weighted by atomic mass is 35.5. The molecule has 0 heterocycles. The summed E-state index contributed by atoms with van der Waals surface area (Å²) in [6.45, 7) is 0. The maximum absolute atomic E-state index is 13.1. The summed E-state index contributed by atoms with van der Waals surface area (Å²) in [6, 6.07) is 2.40. The third-order valence-electron chi connectivity index (χ3n) is 3.14. The smallest absolute Gasteiger partial charge is 0.314 e. The lowest BCUT2D eigenvalue weighted by Crippen LogP contribution is -2.42. The summed E-state index contributed by atoms with van der Waals surface area (Å²) in [6.07, 6.45) is 1.87. The van der Waals surface area contributed by atoms with E-state index in [0.29, 0.717) is 18.4 Å². The summed E-state index contributed by atoms with van der Waals surface area (Å²) in [5.74, 6) is -1.56. The Bertz CT molecular complexity index is 456. The van der Waals surface area contributed by atoms with E-state index in [1.165, 1.54) is 6.07 Å². The van der Waals surface area contributed by atoms with Gasteiger partial charge in [0.15, 0.2) is 0 Å². The fourth-order valence-electron chi connectivity index (χ4n) is 2.02. The topological polar surface area (TPSA) is 37.3 Å². The molecule has 0 amide bonds. The normalized spacial score (nSPS) is 17.9. The molecule has 0 atom stereocenters. The molecule has 5 heteroatoms. The van der Waals surface area contributed by atoms with Crippen molar-refractivity contribution in [1.82, 2.24) is 0 Å². The average molecular weight is 263 g/mol. The molecular formula is C11H9Cl2FO2. The highest BCUT2D eigenvalue weighted by molar-refractivity contribution is 6.34. The number of hydrogen-bond acceptors (Lipinski definition) is 1. The molecule has 0 spiro atoms. The van der Waals surface area contributed by atoms with E-state index in [1.807, 2.05) is 0 Å². The summed E-state index contributed by atoms with van der Waals surface area (Å²) in [5.41, 5.74) is -0.562. The molecule has 0 aromatic heterocycles. The first kappa shape index (κ1) is 11.7. The Morgan fingerprint density at radius 2 is 1.94 bits per heavy atom. The highest BCUT2D eigenvalue weighted by Gasteiger charge is 2.47. The Morgan fingerprint density at radius 3 is 2.38 bits per heavy atom. The summed E-state index contributed by atoms with van der Waals surface area (Å²) in [5, 5.41) is 9.26. The molecule has 0 aliphatic heterocycles. The minimum atomic E-state index is -0.978. The zero-order valence-electron chi connectivity index (χ0n) is 8.27. The van der Waals surface area contributed by atoms with Crippen LogP contribution in [0, 0.1) is 5.82 Å². The van der Waals surface area contributed by atoms with Crippen molar-refractivity contribution in [2.45, 2.75) is 24.7 Å². The maximum atomic E-state index is 13.1. The second kappa shape index (κ2) is 3.90. The van der Waals surface area contributed by atoms with Gasteiger partial charge in [0.1, 0.15) is 5.82 Å². The third-order valence-corrected chi connectivity index (χ3v) is 3.74. The van der Waals surface area contributed by atoms with Crippen molar-refractivity contribution in [2.75, 3.05) is 0 Å². The molecule has 1 saturated carbocycles. The van der Waals surface area contributed by atoms with Crippen molar-refractivity contribution in [1.29, 1.82) is 0 Å². The van der Waals surface area contributed by atoms with Gasteiger partial charge in [-0.3, -0.25) is 4.79 Å². The lowest BCUT2D eigenvalue weighted by molar-refractivity contribution is -0.147. The first-order valence-electron chi connectivity index (χ1n) is 4.86. The highest BCUT2D eigenvalue weighted by Crippen LogP contribution is 2.47. The second-order valence-corrected chi connectivity index (χ2v) is 4.80. The van der Waals surface area contributed by atoms with Gasteiger partial charge in [-0.2, -0.15) is 0 Å². The molecule has 1 fully saturated rings. The molecule has 86 valence electrons. The molecular weight excluding hydrogens is 254 g/mol. The van der Waals surface area contributed by atoms with Crippen molar-refractivity contribution in [2.24, 2.45) is 0 Å². The fourth-order valence-corrected chi connectivity index (χ4v) is 2.51. The van der Waals surface area contributed by atoms with Gasteiger partial charge in [-0.05, 0) is 30.5 Å². The minimum absolute atomic E-state index is 0.0908. The molecule has 2 rings (SSSR count). The first-order valence-corrected chi connectivity index (χ1v) is 5.61. The SMILES string of the molecule is O=C(O)C1(c2cc(Cl)c(F)cc2Cl)CCC1. The third kappa shape index (κ3) is 1.59. The van der Waals surface area contributed by atoms with Gasteiger partial charge in [0.2, 0.25) is 0 Å².